The average molecular weight is 846 g/mol. The third kappa shape index (κ3) is 4.91. The summed E-state index contributed by atoms with van der Waals surface area (Å²) in [6.07, 6.45) is 0. The standard InChI is InChI=1S/C62H39NOS/c1-2-18-40(19-3-1)43-20-7-14-30-56(43)63(41-34-36-47-46-23-6-10-26-50(46)62(54(47)38-41)51-27-11-15-31-57(51)64-58-32-16-12-28-52(58)62)42-35-37-60-55(39-42)61(53-29-13-17-33-59(53)65-60)48-24-8-4-21-44(48)45-22-5-9-25-49(45)61/h1-39H. The van der Waals surface area contributed by atoms with Crippen LogP contribution in [0.4, 0.5) is 17.1 Å². The number of fused-ring (bicyclic) bond motifs is 18. The third-order valence-corrected chi connectivity index (χ3v) is 15.6. The van der Waals surface area contributed by atoms with Crippen molar-refractivity contribution in [2.24, 2.45) is 0 Å². The molecule has 10 aromatic carbocycles. The van der Waals surface area contributed by atoms with E-state index >= 15 is 0 Å². The van der Waals surface area contributed by atoms with Gasteiger partial charge in [0.1, 0.15) is 11.5 Å². The number of rotatable bonds is 4. The van der Waals surface area contributed by atoms with Crippen LogP contribution in [0.3, 0.4) is 0 Å². The molecule has 10 aromatic rings. The minimum atomic E-state index is -0.602. The normalized spacial score (nSPS) is 14.5. The minimum absolute atomic E-state index is 0.510. The summed E-state index contributed by atoms with van der Waals surface area (Å²) in [5.74, 6) is 1.78. The van der Waals surface area contributed by atoms with E-state index < -0.39 is 10.8 Å². The molecule has 0 N–H and O–H groups in total. The van der Waals surface area contributed by atoms with E-state index in [2.05, 4.69) is 241 Å². The lowest BCUT2D eigenvalue weighted by molar-refractivity contribution is 0.436. The fraction of sp³-hybridized carbons (Fsp3) is 0.0323. The van der Waals surface area contributed by atoms with Gasteiger partial charge in [-0.05, 0) is 116 Å². The van der Waals surface area contributed by atoms with Crippen molar-refractivity contribution in [1.29, 1.82) is 0 Å². The lowest BCUT2D eigenvalue weighted by atomic mass is 9.66. The summed E-state index contributed by atoms with van der Waals surface area (Å²) in [4.78, 5) is 5.09. The molecule has 2 aliphatic heterocycles. The SMILES string of the molecule is c1ccc(-c2ccccc2N(c2ccc3c(c2)C2(c4ccccc4S3)c3ccccc3-c3ccccc32)c2ccc3c(c2)C2(c4ccccc4Oc4ccccc42)c2ccccc2-3)cc1. The quantitative estimate of drug-likeness (QED) is 0.175. The summed E-state index contributed by atoms with van der Waals surface area (Å²) in [6, 6.07) is 87.6. The van der Waals surface area contributed by atoms with Crippen molar-refractivity contribution in [1.82, 2.24) is 0 Å². The zero-order chi connectivity index (χ0) is 42.7. The predicted octanol–water partition coefficient (Wildman–Crippen LogP) is 16.1. The van der Waals surface area contributed by atoms with Crippen LogP contribution in [0, 0.1) is 0 Å². The molecule has 0 radical (unpaired) electrons. The number of hydrogen-bond donors (Lipinski definition) is 0. The fourth-order valence-electron chi connectivity index (χ4n) is 11.9. The number of ether oxygens (including phenoxy) is 1. The van der Waals surface area contributed by atoms with Gasteiger partial charge in [-0.3, -0.25) is 0 Å². The minimum Gasteiger partial charge on any atom is -0.457 e. The van der Waals surface area contributed by atoms with Crippen molar-refractivity contribution in [2.75, 3.05) is 4.90 Å². The van der Waals surface area contributed by atoms with E-state index in [1.54, 1.807) is 0 Å². The molecule has 0 unspecified atom stereocenters. The van der Waals surface area contributed by atoms with Crippen molar-refractivity contribution < 1.29 is 4.74 Å². The highest BCUT2D eigenvalue weighted by Crippen LogP contribution is 2.65. The molecule has 14 rings (SSSR count). The molecule has 4 aliphatic rings. The van der Waals surface area contributed by atoms with Gasteiger partial charge < -0.3 is 9.64 Å². The third-order valence-electron chi connectivity index (χ3n) is 14.4. The topological polar surface area (TPSA) is 12.5 Å². The van der Waals surface area contributed by atoms with Crippen LogP contribution in [0.2, 0.25) is 0 Å². The van der Waals surface area contributed by atoms with Gasteiger partial charge in [0.2, 0.25) is 0 Å². The largest absolute Gasteiger partial charge is 0.457 e. The Balaban J connectivity index is 1.07. The molecule has 0 saturated heterocycles. The number of para-hydroxylation sites is 3. The van der Waals surface area contributed by atoms with Gasteiger partial charge >= 0.3 is 0 Å². The highest BCUT2D eigenvalue weighted by Gasteiger charge is 2.52. The first-order valence-corrected chi connectivity index (χ1v) is 23.2. The van der Waals surface area contributed by atoms with Crippen molar-refractivity contribution in [3.8, 4) is 44.9 Å². The summed E-state index contributed by atoms with van der Waals surface area (Å²) in [5, 5.41) is 0. The molecule has 304 valence electrons. The van der Waals surface area contributed by atoms with E-state index in [9.17, 15) is 0 Å². The molecule has 0 saturated carbocycles. The molecule has 2 aliphatic carbocycles. The summed E-state index contributed by atoms with van der Waals surface area (Å²) < 4.78 is 6.74. The van der Waals surface area contributed by atoms with Gasteiger partial charge in [0.05, 0.1) is 16.5 Å². The van der Waals surface area contributed by atoms with Crippen LogP contribution >= 0.6 is 11.8 Å². The zero-order valence-corrected chi connectivity index (χ0v) is 36.1. The molecule has 0 atom stereocenters. The van der Waals surface area contributed by atoms with E-state index in [0.717, 1.165) is 45.3 Å². The smallest absolute Gasteiger partial charge is 0.132 e. The molecule has 2 spiro atoms. The van der Waals surface area contributed by atoms with Crippen molar-refractivity contribution in [3.05, 3.63) is 281 Å². The van der Waals surface area contributed by atoms with Crippen LogP contribution in [-0.2, 0) is 10.8 Å². The second kappa shape index (κ2) is 13.8. The van der Waals surface area contributed by atoms with Crippen molar-refractivity contribution in [3.63, 3.8) is 0 Å². The Hall–Kier alpha value is -7.85. The van der Waals surface area contributed by atoms with Crippen molar-refractivity contribution in [2.45, 2.75) is 20.6 Å². The Morgan fingerprint density at radius 1 is 0.308 bits per heavy atom. The number of nitrogens with zero attached hydrogens (tertiary/aromatic N) is 1. The van der Waals surface area contributed by atoms with Gasteiger partial charge in [-0.25, -0.2) is 0 Å². The van der Waals surface area contributed by atoms with E-state index in [0.29, 0.717) is 0 Å². The molecule has 2 heterocycles. The predicted molar refractivity (Wildman–Crippen MR) is 265 cm³/mol. The maximum atomic E-state index is 6.74. The first-order chi connectivity index (χ1) is 32.2. The summed E-state index contributed by atoms with van der Waals surface area (Å²) in [5.41, 5.74) is 19.7. The molecular formula is C62H39NOS. The van der Waals surface area contributed by atoms with Gasteiger partial charge in [0.15, 0.2) is 0 Å². The van der Waals surface area contributed by atoms with Crippen LogP contribution < -0.4 is 9.64 Å². The summed E-state index contributed by atoms with van der Waals surface area (Å²) in [7, 11) is 0. The number of anilines is 3. The Kier molecular flexibility index (Phi) is 7.79. The molecular weight excluding hydrogens is 807 g/mol. The van der Waals surface area contributed by atoms with Gasteiger partial charge in [0, 0.05) is 37.9 Å². The fourth-order valence-corrected chi connectivity index (χ4v) is 13.1. The van der Waals surface area contributed by atoms with Crippen LogP contribution in [0.25, 0.3) is 33.4 Å². The van der Waals surface area contributed by atoms with Gasteiger partial charge in [-0.15, -0.1) is 0 Å². The lowest BCUT2D eigenvalue weighted by Gasteiger charge is -2.41. The Morgan fingerprint density at radius 3 is 1.37 bits per heavy atom. The number of benzene rings is 10. The van der Waals surface area contributed by atoms with E-state index in [1.807, 2.05) is 11.8 Å². The van der Waals surface area contributed by atoms with Gasteiger partial charge in [0.25, 0.3) is 0 Å². The first kappa shape index (κ1) is 36.6. The highest BCUT2D eigenvalue weighted by atomic mass is 32.2. The van der Waals surface area contributed by atoms with Crippen molar-refractivity contribution >= 4 is 28.8 Å². The van der Waals surface area contributed by atoms with Crippen LogP contribution in [0.1, 0.15) is 44.5 Å². The summed E-state index contributed by atoms with van der Waals surface area (Å²) >= 11 is 1.89. The molecule has 3 heteroatoms. The van der Waals surface area contributed by atoms with Crippen LogP contribution in [0.5, 0.6) is 11.5 Å². The Morgan fingerprint density at radius 2 is 0.738 bits per heavy atom. The van der Waals surface area contributed by atoms with E-state index in [4.69, 9.17) is 4.74 Å². The maximum Gasteiger partial charge on any atom is 0.132 e. The molecule has 0 bridgehead atoms. The first-order valence-electron chi connectivity index (χ1n) is 22.4. The molecule has 0 fully saturated rings. The monoisotopic (exact) mass is 845 g/mol. The zero-order valence-electron chi connectivity index (χ0n) is 35.3. The molecule has 0 amide bonds. The van der Waals surface area contributed by atoms with E-state index in [-0.39, 0.29) is 0 Å². The second-order valence-corrected chi connectivity index (χ2v) is 18.5. The molecule has 2 nitrogen and oxygen atoms in total. The second-order valence-electron chi connectivity index (χ2n) is 17.5. The highest BCUT2D eigenvalue weighted by molar-refractivity contribution is 7.99. The van der Waals surface area contributed by atoms with E-state index in [1.165, 1.54) is 71.0 Å². The lowest BCUT2D eigenvalue weighted by Crippen LogP contribution is -2.32. The van der Waals surface area contributed by atoms with Crippen LogP contribution in [-0.4, -0.2) is 0 Å². The number of hydrogen-bond acceptors (Lipinski definition) is 3. The maximum absolute atomic E-state index is 6.74. The van der Waals surface area contributed by atoms with Crippen LogP contribution in [0.15, 0.2) is 246 Å². The van der Waals surface area contributed by atoms with Gasteiger partial charge in [-0.1, -0.05) is 194 Å². The van der Waals surface area contributed by atoms with Gasteiger partial charge in [-0.2, -0.15) is 0 Å². The molecule has 0 aromatic heterocycles. The summed E-state index contributed by atoms with van der Waals surface area (Å²) in [6.45, 7) is 0. The Labute approximate surface area is 383 Å². The average Bonchev–Trinajstić information content (AvgIpc) is 3.83. The Bertz CT molecular complexity index is 3500. The molecule has 65 heavy (non-hydrogen) atoms.